The Labute approximate surface area is 168 Å². The second kappa shape index (κ2) is 9.10. The van der Waals surface area contributed by atoms with Gasteiger partial charge >= 0.3 is 11.7 Å². The minimum Gasteiger partial charge on any atom is -0.497 e. The average molecular weight is 393 g/mol. The molecule has 3 rings (SSSR count). The normalized spacial score (nSPS) is 10.4. The van der Waals surface area contributed by atoms with Gasteiger partial charge in [0.2, 0.25) is 0 Å². The number of hydrogen-bond acceptors (Lipinski definition) is 5. The van der Waals surface area contributed by atoms with Gasteiger partial charge in [0.15, 0.2) is 0 Å². The van der Waals surface area contributed by atoms with Crippen LogP contribution in [-0.4, -0.2) is 13.2 Å². The standard InChI is InChI=1S/C23H23NO5/c1-15(2)4-11-19-20(12-7-17-8-13-21(25)29-22(17)19)28-23(26)24-14-16-5-9-18(27-3)10-6-16/h4-10,12-13H,11,14H2,1-3H3,(H,24,26). The van der Waals surface area contributed by atoms with E-state index in [0.29, 0.717) is 29.9 Å². The van der Waals surface area contributed by atoms with Crippen molar-refractivity contribution in [2.45, 2.75) is 26.8 Å². The van der Waals surface area contributed by atoms with Gasteiger partial charge in [-0.15, -0.1) is 0 Å². The molecule has 0 aliphatic rings. The largest absolute Gasteiger partial charge is 0.497 e. The Kier molecular flexibility index (Phi) is 6.34. The van der Waals surface area contributed by atoms with Crippen LogP contribution < -0.4 is 20.4 Å². The predicted molar refractivity (Wildman–Crippen MR) is 111 cm³/mol. The molecule has 29 heavy (non-hydrogen) atoms. The average Bonchev–Trinajstić information content (AvgIpc) is 2.71. The smallest absolute Gasteiger partial charge is 0.412 e. The van der Waals surface area contributed by atoms with Gasteiger partial charge in [-0.1, -0.05) is 23.8 Å². The van der Waals surface area contributed by atoms with Crippen LogP contribution in [-0.2, 0) is 13.0 Å². The molecule has 3 aromatic rings. The predicted octanol–water partition coefficient (Wildman–Crippen LogP) is 4.60. The van der Waals surface area contributed by atoms with Gasteiger partial charge in [-0.25, -0.2) is 9.59 Å². The van der Waals surface area contributed by atoms with Crippen LogP contribution in [0.25, 0.3) is 11.0 Å². The van der Waals surface area contributed by atoms with E-state index in [-0.39, 0.29) is 0 Å². The summed E-state index contributed by atoms with van der Waals surface area (Å²) in [4.78, 5) is 24.0. The van der Waals surface area contributed by atoms with Gasteiger partial charge in [-0.3, -0.25) is 0 Å². The highest BCUT2D eigenvalue weighted by Crippen LogP contribution is 2.28. The first kappa shape index (κ1) is 20.2. The molecular weight excluding hydrogens is 370 g/mol. The molecule has 0 spiro atoms. The Balaban J connectivity index is 1.80. The summed E-state index contributed by atoms with van der Waals surface area (Å²) in [6.07, 6.45) is 1.88. The van der Waals surface area contributed by atoms with Crippen molar-refractivity contribution >= 4 is 17.1 Å². The number of rotatable bonds is 6. The zero-order chi connectivity index (χ0) is 20.8. The number of nitrogens with one attached hydrogen (secondary N) is 1. The van der Waals surface area contributed by atoms with Gasteiger partial charge in [-0.2, -0.15) is 0 Å². The summed E-state index contributed by atoms with van der Waals surface area (Å²) >= 11 is 0. The van der Waals surface area contributed by atoms with Crippen molar-refractivity contribution in [3.05, 3.63) is 81.7 Å². The third-order valence-corrected chi connectivity index (χ3v) is 4.36. The minimum absolute atomic E-state index is 0.314. The Morgan fingerprint density at radius 2 is 1.79 bits per heavy atom. The molecule has 1 aromatic heterocycles. The number of ether oxygens (including phenoxy) is 2. The highest BCUT2D eigenvalue weighted by molar-refractivity contribution is 5.83. The van der Waals surface area contributed by atoms with Gasteiger partial charge in [0, 0.05) is 23.6 Å². The molecule has 0 saturated carbocycles. The van der Waals surface area contributed by atoms with E-state index in [9.17, 15) is 9.59 Å². The summed E-state index contributed by atoms with van der Waals surface area (Å²) in [5.74, 6) is 1.11. The van der Waals surface area contributed by atoms with E-state index in [0.717, 1.165) is 22.3 Å². The molecule has 0 fully saturated rings. The first-order valence-corrected chi connectivity index (χ1v) is 9.24. The van der Waals surface area contributed by atoms with E-state index >= 15 is 0 Å². The Morgan fingerprint density at radius 1 is 1.07 bits per heavy atom. The molecule has 0 aliphatic carbocycles. The lowest BCUT2D eigenvalue weighted by Crippen LogP contribution is -2.26. The van der Waals surface area contributed by atoms with Gasteiger partial charge in [0.25, 0.3) is 0 Å². The van der Waals surface area contributed by atoms with Crippen LogP contribution in [0.5, 0.6) is 11.5 Å². The number of amides is 1. The number of benzene rings is 2. The number of fused-ring (bicyclic) bond motifs is 1. The lowest BCUT2D eigenvalue weighted by molar-refractivity contribution is 0.199. The Hall–Kier alpha value is -3.54. The highest BCUT2D eigenvalue weighted by atomic mass is 16.6. The van der Waals surface area contributed by atoms with Crippen molar-refractivity contribution < 1.29 is 18.7 Å². The highest BCUT2D eigenvalue weighted by Gasteiger charge is 2.14. The van der Waals surface area contributed by atoms with Gasteiger partial charge < -0.3 is 19.2 Å². The lowest BCUT2D eigenvalue weighted by Gasteiger charge is -2.12. The number of carbonyl (C=O) groups excluding carboxylic acids is 1. The fourth-order valence-electron chi connectivity index (χ4n) is 2.82. The molecule has 1 N–H and O–H groups in total. The van der Waals surface area contributed by atoms with Crippen molar-refractivity contribution in [3.8, 4) is 11.5 Å². The first-order chi connectivity index (χ1) is 14.0. The summed E-state index contributed by atoms with van der Waals surface area (Å²) in [7, 11) is 1.60. The summed E-state index contributed by atoms with van der Waals surface area (Å²) < 4.78 is 16.0. The zero-order valence-electron chi connectivity index (χ0n) is 16.7. The fraction of sp³-hybridized carbons (Fsp3) is 0.217. The second-order valence-corrected chi connectivity index (χ2v) is 6.79. The van der Waals surface area contributed by atoms with Crippen molar-refractivity contribution in [1.82, 2.24) is 5.32 Å². The molecule has 0 radical (unpaired) electrons. The summed E-state index contributed by atoms with van der Waals surface area (Å²) in [5.41, 5.74) is 2.65. The molecule has 2 aromatic carbocycles. The molecule has 1 heterocycles. The molecule has 0 atom stereocenters. The fourth-order valence-corrected chi connectivity index (χ4v) is 2.82. The van der Waals surface area contributed by atoms with Crippen LogP contribution in [0.15, 0.2) is 69.4 Å². The summed E-state index contributed by atoms with van der Waals surface area (Å²) in [5, 5.41) is 3.50. The van der Waals surface area contributed by atoms with E-state index in [1.54, 1.807) is 25.3 Å². The van der Waals surface area contributed by atoms with Crippen LogP contribution in [0.1, 0.15) is 25.0 Å². The minimum atomic E-state index is -0.586. The molecule has 0 unspecified atom stereocenters. The van der Waals surface area contributed by atoms with E-state index in [1.807, 2.05) is 44.2 Å². The third kappa shape index (κ3) is 5.25. The zero-order valence-corrected chi connectivity index (χ0v) is 16.7. The number of hydrogen-bond donors (Lipinski definition) is 1. The number of methoxy groups -OCH3 is 1. The maximum absolute atomic E-state index is 12.3. The molecule has 0 bridgehead atoms. The molecule has 6 heteroatoms. The topological polar surface area (TPSA) is 77.8 Å². The maximum Gasteiger partial charge on any atom is 0.412 e. The maximum atomic E-state index is 12.3. The number of allylic oxidation sites excluding steroid dienone is 2. The Bertz CT molecular complexity index is 1090. The molecule has 6 nitrogen and oxygen atoms in total. The third-order valence-electron chi connectivity index (χ3n) is 4.36. The molecule has 0 saturated heterocycles. The van der Waals surface area contributed by atoms with Crippen molar-refractivity contribution in [2.24, 2.45) is 0 Å². The lowest BCUT2D eigenvalue weighted by atomic mass is 10.1. The van der Waals surface area contributed by atoms with Crippen LogP contribution in [0.2, 0.25) is 0 Å². The number of carbonyl (C=O) groups is 1. The van der Waals surface area contributed by atoms with Crippen molar-refractivity contribution in [2.75, 3.05) is 7.11 Å². The molecular formula is C23H23NO5. The Morgan fingerprint density at radius 3 is 2.48 bits per heavy atom. The second-order valence-electron chi connectivity index (χ2n) is 6.79. The van der Waals surface area contributed by atoms with Crippen molar-refractivity contribution in [1.29, 1.82) is 0 Å². The summed E-state index contributed by atoms with van der Waals surface area (Å²) in [6.45, 7) is 4.27. The van der Waals surface area contributed by atoms with E-state index in [2.05, 4.69) is 5.32 Å². The quantitative estimate of drug-likeness (QED) is 0.489. The van der Waals surface area contributed by atoms with Gasteiger partial charge in [-0.05, 0) is 56.2 Å². The van der Waals surface area contributed by atoms with E-state index in [1.165, 1.54) is 6.07 Å². The monoisotopic (exact) mass is 393 g/mol. The van der Waals surface area contributed by atoms with E-state index < -0.39 is 11.7 Å². The van der Waals surface area contributed by atoms with Crippen LogP contribution in [0.3, 0.4) is 0 Å². The SMILES string of the molecule is COc1ccc(CNC(=O)Oc2ccc3ccc(=O)oc3c2CC=C(C)C)cc1. The van der Waals surface area contributed by atoms with Crippen LogP contribution in [0, 0.1) is 0 Å². The van der Waals surface area contributed by atoms with E-state index in [4.69, 9.17) is 13.9 Å². The molecule has 0 aliphatic heterocycles. The van der Waals surface area contributed by atoms with Crippen LogP contribution >= 0.6 is 0 Å². The molecule has 150 valence electrons. The van der Waals surface area contributed by atoms with Gasteiger partial charge in [0.05, 0.1) is 7.11 Å². The van der Waals surface area contributed by atoms with Gasteiger partial charge in [0.1, 0.15) is 17.1 Å². The van der Waals surface area contributed by atoms with Crippen molar-refractivity contribution in [3.63, 3.8) is 0 Å². The summed E-state index contributed by atoms with van der Waals surface area (Å²) in [6, 6.07) is 13.9. The molecule has 1 amide bonds. The van der Waals surface area contributed by atoms with Crippen LogP contribution in [0.4, 0.5) is 4.79 Å². The first-order valence-electron chi connectivity index (χ1n) is 9.24.